The Kier molecular flexibility index (Phi) is 6.98. The summed E-state index contributed by atoms with van der Waals surface area (Å²) in [7, 11) is 0. The summed E-state index contributed by atoms with van der Waals surface area (Å²) in [6.07, 6.45) is -0.986. The van der Waals surface area contributed by atoms with Crippen molar-refractivity contribution in [3.05, 3.63) is 68.2 Å². The fraction of sp³-hybridized carbons (Fsp3) is 0.176. The SMILES string of the molecule is C[C@@H](Oc1ccc(Cl)cc1Cl)C(=O)NNC(=O)Cc1ccc([N+](=O)[O-])cc1. The molecule has 0 aromatic heterocycles. The normalized spacial score (nSPS) is 11.4. The van der Waals surface area contributed by atoms with Gasteiger partial charge in [-0.2, -0.15) is 0 Å². The summed E-state index contributed by atoms with van der Waals surface area (Å²) < 4.78 is 5.43. The van der Waals surface area contributed by atoms with Gasteiger partial charge in [0.15, 0.2) is 6.10 Å². The monoisotopic (exact) mass is 411 g/mol. The van der Waals surface area contributed by atoms with E-state index < -0.39 is 22.8 Å². The van der Waals surface area contributed by atoms with Crippen LogP contribution in [0.3, 0.4) is 0 Å². The van der Waals surface area contributed by atoms with Gasteiger partial charge in [-0.25, -0.2) is 0 Å². The number of ether oxygens (including phenoxy) is 1. The number of halogens is 2. The minimum Gasteiger partial charge on any atom is -0.479 e. The van der Waals surface area contributed by atoms with Crippen LogP contribution < -0.4 is 15.6 Å². The summed E-state index contributed by atoms with van der Waals surface area (Å²) in [5.74, 6) is -0.798. The maximum Gasteiger partial charge on any atom is 0.279 e. The number of nitro groups is 1. The van der Waals surface area contributed by atoms with Crippen LogP contribution in [0, 0.1) is 10.1 Å². The lowest BCUT2D eigenvalue weighted by atomic mass is 10.1. The van der Waals surface area contributed by atoms with Crippen LogP contribution in [0.2, 0.25) is 10.0 Å². The smallest absolute Gasteiger partial charge is 0.279 e. The van der Waals surface area contributed by atoms with Gasteiger partial charge in [-0.05, 0) is 30.7 Å². The number of nitro benzene ring substituents is 1. The Morgan fingerprint density at radius 3 is 2.41 bits per heavy atom. The van der Waals surface area contributed by atoms with E-state index in [1.165, 1.54) is 43.3 Å². The number of amides is 2. The largest absolute Gasteiger partial charge is 0.479 e. The van der Waals surface area contributed by atoms with Crippen LogP contribution in [0.4, 0.5) is 5.69 Å². The molecule has 0 aliphatic carbocycles. The third kappa shape index (κ3) is 6.12. The van der Waals surface area contributed by atoms with Gasteiger partial charge in [0, 0.05) is 17.2 Å². The second-order valence-electron chi connectivity index (χ2n) is 5.47. The third-order valence-corrected chi connectivity index (χ3v) is 3.93. The minimum atomic E-state index is -0.927. The van der Waals surface area contributed by atoms with Crippen LogP contribution in [0.25, 0.3) is 0 Å². The standard InChI is InChI=1S/C17H15Cl2N3O5/c1-10(27-15-7-4-12(18)9-14(15)19)17(24)21-20-16(23)8-11-2-5-13(6-3-11)22(25)26/h2-7,9-10H,8H2,1H3,(H,20,23)(H,21,24)/t10-/m1/s1. The Bertz CT molecular complexity index is 858. The number of hydrazine groups is 1. The average molecular weight is 412 g/mol. The molecule has 8 nitrogen and oxygen atoms in total. The van der Waals surface area contributed by atoms with Gasteiger partial charge in [0.1, 0.15) is 5.75 Å². The van der Waals surface area contributed by atoms with Crippen molar-refractivity contribution in [3.63, 3.8) is 0 Å². The molecular formula is C17H15Cl2N3O5. The predicted molar refractivity (Wildman–Crippen MR) is 99.6 cm³/mol. The fourth-order valence-electron chi connectivity index (χ4n) is 2.01. The van der Waals surface area contributed by atoms with E-state index >= 15 is 0 Å². The van der Waals surface area contributed by atoms with Crippen molar-refractivity contribution in [2.75, 3.05) is 0 Å². The highest BCUT2D eigenvalue weighted by atomic mass is 35.5. The lowest BCUT2D eigenvalue weighted by molar-refractivity contribution is -0.384. The zero-order valence-corrected chi connectivity index (χ0v) is 15.6. The summed E-state index contributed by atoms with van der Waals surface area (Å²) >= 11 is 11.8. The summed E-state index contributed by atoms with van der Waals surface area (Å²) in [6, 6.07) is 10.1. The van der Waals surface area contributed by atoms with E-state index in [9.17, 15) is 19.7 Å². The molecule has 0 heterocycles. The molecule has 0 saturated heterocycles. The molecule has 0 unspecified atom stereocenters. The van der Waals surface area contributed by atoms with Gasteiger partial charge in [-0.3, -0.25) is 30.6 Å². The molecule has 0 bridgehead atoms. The lowest BCUT2D eigenvalue weighted by Gasteiger charge is -2.16. The zero-order valence-electron chi connectivity index (χ0n) is 14.1. The number of benzene rings is 2. The highest BCUT2D eigenvalue weighted by Gasteiger charge is 2.17. The molecule has 0 aliphatic heterocycles. The molecule has 0 spiro atoms. The highest BCUT2D eigenvalue weighted by Crippen LogP contribution is 2.28. The van der Waals surface area contributed by atoms with Crippen LogP contribution in [0.5, 0.6) is 5.75 Å². The molecule has 2 rings (SSSR count). The van der Waals surface area contributed by atoms with E-state index in [0.717, 1.165) is 0 Å². The summed E-state index contributed by atoms with van der Waals surface area (Å²) in [5, 5.41) is 11.3. The average Bonchev–Trinajstić information content (AvgIpc) is 2.62. The molecule has 10 heteroatoms. The van der Waals surface area contributed by atoms with E-state index in [2.05, 4.69) is 10.9 Å². The topological polar surface area (TPSA) is 111 Å². The van der Waals surface area contributed by atoms with Gasteiger partial charge < -0.3 is 4.74 Å². The van der Waals surface area contributed by atoms with Crippen LogP contribution in [-0.2, 0) is 16.0 Å². The number of carbonyl (C=O) groups is 2. The number of hydrogen-bond donors (Lipinski definition) is 2. The third-order valence-electron chi connectivity index (χ3n) is 3.40. The number of nitrogens with one attached hydrogen (secondary N) is 2. The van der Waals surface area contributed by atoms with Crippen LogP contribution in [-0.4, -0.2) is 22.8 Å². The van der Waals surface area contributed by atoms with Crippen molar-refractivity contribution < 1.29 is 19.2 Å². The molecule has 2 aromatic carbocycles. The van der Waals surface area contributed by atoms with E-state index in [1.807, 2.05) is 0 Å². The quantitative estimate of drug-likeness (QED) is 0.560. The second-order valence-corrected chi connectivity index (χ2v) is 6.32. The van der Waals surface area contributed by atoms with Gasteiger partial charge in [0.25, 0.3) is 11.6 Å². The Labute approximate surface area is 164 Å². The maximum absolute atomic E-state index is 12.0. The number of nitrogens with zero attached hydrogens (tertiary/aromatic N) is 1. The number of non-ortho nitro benzene ring substituents is 1. The number of carbonyl (C=O) groups excluding carboxylic acids is 2. The van der Waals surface area contributed by atoms with E-state index in [0.29, 0.717) is 10.6 Å². The number of hydrogen-bond acceptors (Lipinski definition) is 5. The summed E-state index contributed by atoms with van der Waals surface area (Å²) in [4.78, 5) is 33.9. The molecule has 0 saturated carbocycles. The molecular weight excluding hydrogens is 397 g/mol. The molecule has 2 amide bonds. The minimum absolute atomic E-state index is 0.0590. The Morgan fingerprint density at radius 1 is 1.15 bits per heavy atom. The molecule has 0 aliphatic rings. The molecule has 0 fully saturated rings. The highest BCUT2D eigenvalue weighted by molar-refractivity contribution is 6.35. The Hall–Kier alpha value is -2.84. The van der Waals surface area contributed by atoms with E-state index in [4.69, 9.17) is 27.9 Å². The van der Waals surface area contributed by atoms with Crippen molar-refractivity contribution in [3.8, 4) is 5.75 Å². The first-order valence-corrected chi connectivity index (χ1v) is 8.45. The van der Waals surface area contributed by atoms with Gasteiger partial charge in [-0.15, -0.1) is 0 Å². The first-order chi connectivity index (χ1) is 12.8. The van der Waals surface area contributed by atoms with Crippen molar-refractivity contribution in [1.82, 2.24) is 10.9 Å². The molecule has 2 aromatic rings. The van der Waals surface area contributed by atoms with Gasteiger partial charge in [0.2, 0.25) is 5.91 Å². The molecule has 0 radical (unpaired) electrons. The van der Waals surface area contributed by atoms with Crippen molar-refractivity contribution in [2.45, 2.75) is 19.4 Å². The van der Waals surface area contributed by atoms with Crippen LogP contribution >= 0.6 is 23.2 Å². The predicted octanol–water partition coefficient (Wildman–Crippen LogP) is 3.06. The summed E-state index contributed by atoms with van der Waals surface area (Å²) in [6.45, 7) is 1.49. The Balaban J connectivity index is 1.83. The van der Waals surface area contributed by atoms with Crippen LogP contribution in [0.15, 0.2) is 42.5 Å². The first-order valence-electron chi connectivity index (χ1n) is 7.70. The van der Waals surface area contributed by atoms with Crippen molar-refractivity contribution >= 4 is 40.7 Å². The second kappa shape index (κ2) is 9.20. The molecule has 27 heavy (non-hydrogen) atoms. The van der Waals surface area contributed by atoms with E-state index in [-0.39, 0.29) is 22.9 Å². The zero-order chi connectivity index (χ0) is 20.0. The summed E-state index contributed by atoms with van der Waals surface area (Å²) in [5.41, 5.74) is 4.98. The van der Waals surface area contributed by atoms with Crippen molar-refractivity contribution in [1.29, 1.82) is 0 Å². The van der Waals surface area contributed by atoms with Gasteiger partial charge >= 0.3 is 0 Å². The first kappa shape index (κ1) is 20.5. The molecule has 142 valence electrons. The maximum atomic E-state index is 12.0. The Morgan fingerprint density at radius 2 is 1.81 bits per heavy atom. The van der Waals surface area contributed by atoms with Crippen molar-refractivity contribution in [2.24, 2.45) is 0 Å². The molecule has 1 atom stereocenters. The van der Waals surface area contributed by atoms with E-state index in [1.54, 1.807) is 6.07 Å². The fourth-order valence-corrected chi connectivity index (χ4v) is 2.47. The lowest BCUT2D eigenvalue weighted by Crippen LogP contribution is -2.47. The van der Waals surface area contributed by atoms with Gasteiger partial charge in [0.05, 0.1) is 16.4 Å². The molecule has 2 N–H and O–H groups in total. The van der Waals surface area contributed by atoms with Gasteiger partial charge in [-0.1, -0.05) is 35.3 Å². The number of rotatable bonds is 6. The van der Waals surface area contributed by atoms with Crippen LogP contribution in [0.1, 0.15) is 12.5 Å².